The molecule has 80 valence electrons. The van der Waals surface area contributed by atoms with E-state index in [1.165, 1.54) is 49.4 Å². The fourth-order valence-corrected chi connectivity index (χ4v) is 3.02. The molecule has 0 aromatic carbocycles. The molecule has 0 saturated heterocycles. The van der Waals surface area contributed by atoms with Crippen molar-refractivity contribution in [2.75, 3.05) is 18.8 Å². The Bertz CT molecular complexity index is 197. The molecule has 1 saturated carbocycles. The minimum absolute atomic E-state index is 0.911. The molecule has 1 heterocycles. The molecule has 14 heavy (non-hydrogen) atoms. The molecular formula is C11H20N2S. The van der Waals surface area contributed by atoms with Crippen LogP contribution in [0.3, 0.4) is 0 Å². The van der Waals surface area contributed by atoms with Crippen LogP contribution in [-0.2, 0) is 0 Å². The first-order chi connectivity index (χ1) is 6.95. The van der Waals surface area contributed by atoms with Gasteiger partial charge in [-0.2, -0.15) is 0 Å². The predicted molar refractivity (Wildman–Crippen MR) is 64.0 cm³/mol. The molecule has 1 N–H and O–H groups in total. The van der Waals surface area contributed by atoms with Gasteiger partial charge in [-0.1, -0.05) is 31.0 Å². The predicted octanol–water partition coefficient (Wildman–Crippen LogP) is 2.65. The largest absolute Gasteiger partial charge is 0.365 e. The summed E-state index contributed by atoms with van der Waals surface area (Å²) < 4.78 is 0. The van der Waals surface area contributed by atoms with Crippen molar-refractivity contribution >= 4 is 16.9 Å². The van der Waals surface area contributed by atoms with Gasteiger partial charge >= 0.3 is 0 Å². The molecule has 2 rings (SSSR count). The van der Waals surface area contributed by atoms with E-state index in [4.69, 9.17) is 0 Å². The third-order valence-electron chi connectivity index (χ3n) is 3.06. The van der Waals surface area contributed by atoms with Crippen LogP contribution in [0.15, 0.2) is 4.99 Å². The topological polar surface area (TPSA) is 24.4 Å². The van der Waals surface area contributed by atoms with Crippen molar-refractivity contribution in [2.24, 2.45) is 10.9 Å². The maximum absolute atomic E-state index is 4.48. The molecular weight excluding hydrogens is 192 g/mol. The van der Waals surface area contributed by atoms with Gasteiger partial charge in [0.2, 0.25) is 0 Å². The van der Waals surface area contributed by atoms with Crippen LogP contribution in [0.25, 0.3) is 0 Å². The summed E-state index contributed by atoms with van der Waals surface area (Å²) in [7, 11) is 0. The normalized spacial score (nSPS) is 24.4. The molecule has 0 spiro atoms. The molecule has 0 amide bonds. The second-order valence-electron chi connectivity index (χ2n) is 4.27. The number of hydrogen-bond acceptors (Lipinski definition) is 3. The molecule has 2 nitrogen and oxygen atoms in total. The van der Waals surface area contributed by atoms with E-state index in [2.05, 4.69) is 10.3 Å². The van der Waals surface area contributed by atoms with Gasteiger partial charge in [0.1, 0.15) is 0 Å². The van der Waals surface area contributed by atoms with Gasteiger partial charge < -0.3 is 5.32 Å². The van der Waals surface area contributed by atoms with E-state index in [1.54, 1.807) is 0 Å². The SMILES string of the molecule is C1CCC(CNC2=NCCCS2)CC1. The molecule has 0 radical (unpaired) electrons. The van der Waals surface area contributed by atoms with E-state index in [1.807, 2.05) is 11.8 Å². The average Bonchev–Trinajstić information content (AvgIpc) is 2.29. The summed E-state index contributed by atoms with van der Waals surface area (Å²) in [6.45, 7) is 2.19. The zero-order valence-electron chi connectivity index (χ0n) is 8.80. The zero-order valence-corrected chi connectivity index (χ0v) is 9.61. The van der Waals surface area contributed by atoms with Gasteiger partial charge in [0.15, 0.2) is 5.17 Å². The van der Waals surface area contributed by atoms with Crippen LogP contribution in [0, 0.1) is 5.92 Å². The summed E-state index contributed by atoms with van der Waals surface area (Å²) in [4.78, 5) is 4.48. The van der Waals surface area contributed by atoms with Crippen LogP contribution >= 0.6 is 11.8 Å². The molecule has 2 aliphatic rings. The van der Waals surface area contributed by atoms with Crippen LogP contribution in [0.4, 0.5) is 0 Å². The second kappa shape index (κ2) is 5.64. The van der Waals surface area contributed by atoms with E-state index >= 15 is 0 Å². The number of thioether (sulfide) groups is 1. The lowest BCUT2D eigenvalue weighted by Gasteiger charge is -2.23. The molecule has 0 aromatic rings. The van der Waals surface area contributed by atoms with Crippen molar-refractivity contribution < 1.29 is 0 Å². The van der Waals surface area contributed by atoms with Crippen LogP contribution in [0.1, 0.15) is 38.5 Å². The first kappa shape index (κ1) is 10.3. The van der Waals surface area contributed by atoms with Crippen LogP contribution in [-0.4, -0.2) is 24.0 Å². The highest BCUT2D eigenvalue weighted by Crippen LogP contribution is 2.23. The molecule has 0 unspecified atom stereocenters. The summed E-state index contributed by atoms with van der Waals surface area (Å²) in [5.41, 5.74) is 0. The Morgan fingerprint density at radius 3 is 2.79 bits per heavy atom. The summed E-state index contributed by atoms with van der Waals surface area (Å²) in [5, 5.41) is 4.70. The van der Waals surface area contributed by atoms with Gasteiger partial charge in [-0.05, 0) is 25.2 Å². The lowest BCUT2D eigenvalue weighted by Crippen LogP contribution is -2.30. The molecule has 0 bridgehead atoms. The minimum Gasteiger partial charge on any atom is -0.365 e. The lowest BCUT2D eigenvalue weighted by molar-refractivity contribution is 0.357. The van der Waals surface area contributed by atoms with E-state index in [-0.39, 0.29) is 0 Å². The van der Waals surface area contributed by atoms with Crippen molar-refractivity contribution in [3.63, 3.8) is 0 Å². The highest BCUT2D eigenvalue weighted by atomic mass is 32.2. The number of hydrogen-bond donors (Lipinski definition) is 1. The molecule has 0 atom stereocenters. The molecule has 1 aliphatic heterocycles. The number of amidine groups is 1. The van der Waals surface area contributed by atoms with Crippen molar-refractivity contribution in [1.29, 1.82) is 0 Å². The zero-order chi connectivity index (χ0) is 9.64. The number of nitrogens with one attached hydrogen (secondary N) is 1. The highest BCUT2D eigenvalue weighted by Gasteiger charge is 2.14. The molecule has 1 fully saturated rings. The summed E-state index contributed by atoms with van der Waals surface area (Å²) >= 11 is 1.89. The maximum Gasteiger partial charge on any atom is 0.156 e. The third kappa shape index (κ3) is 3.19. The molecule has 3 heteroatoms. The van der Waals surface area contributed by atoms with Crippen LogP contribution < -0.4 is 5.32 Å². The van der Waals surface area contributed by atoms with E-state index in [9.17, 15) is 0 Å². The average molecular weight is 212 g/mol. The highest BCUT2D eigenvalue weighted by molar-refractivity contribution is 8.13. The maximum atomic E-state index is 4.48. The Hall–Kier alpha value is -0.180. The van der Waals surface area contributed by atoms with Gasteiger partial charge in [-0.3, -0.25) is 4.99 Å². The van der Waals surface area contributed by atoms with Gasteiger partial charge in [0, 0.05) is 18.8 Å². The number of nitrogens with zero attached hydrogens (tertiary/aromatic N) is 1. The standard InChI is InChI=1S/C11H20N2S/c1-2-5-10(6-3-1)9-13-11-12-7-4-8-14-11/h10H,1-9H2,(H,12,13). The Kier molecular flexibility index (Phi) is 4.17. The van der Waals surface area contributed by atoms with E-state index in [0.29, 0.717) is 0 Å². The fourth-order valence-electron chi connectivity index (χ4n) is 2.19. The van der Waals surface area contributed by atoms with Gasteiger partial charge in [0.05, 0.1) is 0 Å². The number of aliphatic imine (C=N–C) groups is 1. The summed E-state index contributed by atoms with van der Waals surface area (Å²) in [6.07, 6.45) is 8.42. The first-order valence-corrected chi connectivity index (χ1v) is 6.85. The number of rotatable bonds is 2. The smallest absolute Gasteiger partial charge is 0.156 e. The summed E-state index contributed by atoms with van der Waals surface area (Å²) in [5.74, 6) is 2.16. The van der Waals surface area contributed by atoms with E-state index < -0.39 is 0 Å². The summed E-state index contributed by atoms with van der Waals surface area (Å²) in [6, 6.07) is 0. The van der Waals surface area contributed by atoms with Crippen molar-refractivity contribution in [2.45, 2.75) is 38.5 Å². The first-order valence-electron chi connectivity index (χ1n) is 5.86. The Morgan fingerprint density at radius 2 is 2.07 bits per heavy atom. The van der Waals surface area contributed by atoms with Crippen molar-refractivity contribution in [3.8, 4) is 0 Å². The van der Waals surface area contributed by atoms with Gasteiger partial charge in [-0.15, -0.1) is 0 Å². The van der Waals surface area contributed by atoms with Crippen molar-refractivity contribution in [3.05, 3.63) is 0 Å². The quantitative estimate of drug-likeness (QED) is 0.761. The lowest BCUT2D eigenvalue weighted by atomic mass is 9.89. The third-order valence-corrected chi connectivity index (χ3v) is 4.10. The fraction of sp³-hybridized carbons (Fsp3) is 0.909. The Balaban J connectivity index is 1.67. The Morgan fingerprint density at radius 1 is 1.21 bits per heavy atom. The second-order valence-corrected chi connectivity index (χ2v) is 5.36. The van der Waals surface area contributed by atoms with Gasteiger partial charge in [0.25, 0.3) is 0 Å². The van der Waals surface area contributed by atoms with Crippen molar-refractivity contribution in [1.82, 2.24) is 5.32 Å². The monoisotopic (exact) mass is 212 g/mol. The Labute approximate surface area is 90.9 Å². The van der Waals surface area contributed by atoms with E-state index in [0.717, 1.165) is 19.0 Å². The minimum atomic E-state index is 0.911. The van der Waals surface area contributed by atoms with Crippen LogP contribution in [0.5, 0.6) is 0 Å². The molecule has 1 aliphatic carbocycles. The van der Waals surface area contributed by atoms with Gasteiger partial charge in [-0.25, -0.2) is 0 Å². The van der Waals surface area contributed by atoms with Crippen LogP contribution in [0.2, 0.25) is 0 Å². The molecule has 0 aromatic heterocycles.